The van der Waals surface area contributed by atoms with E-state index in [0.29, 0.717) is 42.6 Å². The molecule has 0 bridgehead atoms. The van der Waals surface area contributed by atoms with Crippen molar-refractivity contribution < 1.29 is 19.0 Å². The Morgan fingerprint density at radius 2 is 1.54 bits per heavy atom. The molecule has 0 fully saturated rings. The van der Waals surface area contributed by atoms with Gasteiger partial charge in [0, 0.05) is 11.3 Å². The first kappa shape index (κ1) is 19.8. The Morgan fingerprint density at radius 3 is 2.00 bits per heavy atom. The molecule has 1 aromatic rings. The molecule has 1 aromatic carbocycles. The number of hydrogen-bond donors (Lipinski definition) is 1. The Balaban J connectivity index is 3.13. The lowest BCUT2D eigenvalue weighted by Gasteiger charge is -2.16. The smallest absolute Gasteiger partial charge is 0.271 e. The molecular formula is C18H28N2O4. The standard InChI is InChI=1S/C18H28N2O4/c1-6-10-13(5)19-20-18(21)14-11-15(22-7-2)17(24-9-4)16(12-14)23-8-3/h11-12H,6-10H2,1-5H3,(H,20,21)/b19-13+. The molecule has 0 heterocycles. The largest absolute Gasteiger partial charge is 0.490 e. The minimum absolute atomic E-state index is 0.310. The fourth-order valence-corrected chi connectivity index (χ4v) is 2.15. The van der Waals surface area contributed by atoms with Gasteiger partial charge in [0.25, 0.3) is 5.91 Å². The third-order valence-corrected chi connectivity index (χ3v) is 3.13. The lowest BCUT2D eigenvalue weighted by atomic mass is 10.1. The number of amides is 1. The lowest BCUT2D eigenvalue weighted by Crippen LogP contribution is -2.19. The molecule has 1 N–H and O–H groups in total. The number of nitrogens with one attached hydrogen (secondary N) is 1. The van der Waals surface area contributed by atoms with Crippen LogP contribution in [0.3, 0.4) is 0 Å². The van der Waals surface area contributed by atoms with Gasteiger partial charge < -0.3 is 14.2 Å². The summed E-state index contributed by atoms with van der Waals surface area (Å²) in [4.78, 5) is 12.4. The van der Waals surface area contributed by atoms with E-state index in [9.17, 15) is 4.79 Å². The zero-order valence-corrected chi connectivity index (χ0v) is 15.3. The molecular weight excluding hydrogens is 308 g/mol. The molecule has 0 aliphatic carbocycles. The summed E-state index contributed by atoms with van der Waals surface area (Å²) in [5.74, 6) is 1.19. The Morgan fingerprint density at radius 1 is 1.00 bits per heavy atom. The number of ether oxygens (including phenoxy) is 3. The SMILES string of the molecule is CCC/C(C)=N/NC(=O)c1cc(OCC)c(OCC)c(OCC)c1. The third kappa shape index (κ3) is 5.76. The summed E-state index contributed by atoms with van der Waals surface area (Å²) in [6, 6.07) is 3.30. The summed E-state index contributed by atoms with van der Waals surface area (Å²) in [7, 11) is 0. The van der Waals surface area contributed by atoms with E-state index in [1.54, 1.807) is 12.1 Å². The van der Waals surface area contributed by atoms with Crippen molar-refractivity contribution in [2.45, 2.75) is 47.5 Å². The van der Waals surface area contributed by atoms with Crippen molar-refractivity contribution in [1.29, 1.82) is 0 Å². The van der Waals surface area contributed by atoms with E-state index in [1.807, 2.05) is 27.7 Å². The van der Waals surface area contributed by atoms with Gasteiger partial charge in [0.05, 0.1) is 19.8 Å². The third-order valence-electron chi connectivity index (χ3n) is 3.13. The van der Waals surface area contributed by atoms with Gasteiger partial charge in [0.15, 0.2) is 11.5 Å². The lowest BCUT2D eigenvalue weighted by molar-refractivity contribution is 0.0953. The predicted octanol–water partition coefficient (Wildman–Crippen LogP) is 3.79. The maximum atomic E-state index is 12.4. The molecule has 24 heavy (non-hydrogen) atoms. The Hall–Kier alpha value is -2.24. The van der Waals surface area contributed by atoms with Crippen molar-refractivity contribution in [2.75, 3.05) is 19.8 Å². The average Bonchev–Trinajstić information content (AvgIpc) is 2.56. The fraction of sp³-hybridized carbons (Fsp3) is 0.556. The van der Waals surface area contributed by atoms with Gasteiger partial charge >= 0.3 is 0 Å². The highest BCUT2D eigenvalue weighted by molar-refractivity contribution is 5.96. The first-order chi connectivity index (χ1) is 11.6. The van der Waals surface area contributed by atoms with Gasteiger partial charge in [0.2, 0.25) is 5.75 Å². The number of carbonyl (C=O) groups excluding carboxylic acids is 1. The zero-order chi connectivity index (χ0) is 17.9. The summed E-state index contributed by atoms with van der Waals surface area (Å²) < 4.78 is 16.9. The molecule has 1 rings (SSSR count). The molecule has 0 saturated carbocycles. The van der Waals surface area contributed by atoms with E-state index in [1.165, 1.54) is 0 Å². The Kier molecular flexibility index (Phi) is 8.68. The minimum atomic E-state index is -0.310. The normalized spacial score (nSPS) is 11.1. The van der Waals surface area contributed by atoms with E-state index in [0.717, 1.165) is 18.6 Å². The Labute approximate surface area is 144 Å². The molecule has 6 nitrogen and oxygen atoms in total. The van der Waals surface area contributed by atoms with Crippen LogP contribution in [0.15, 0.2) is 17.2 Å². The van der Waals surface area contributed by atoms with Crippen molar-refractivity contribution in [1.82, 2.24) is 5.43 Å². The zero-order valence-electron chi connectivity index (χ0n) is 15.3. The van der Waals surface area contributed by atoms with Crippen LogP contribution in [0.25, 0.3) is 0 Å². The van der Waals surface area contributed by atoms with Crippen LogP contribution in [0.2, 0.25) is 0 Å². The number of benzene rings is 1. The van der Waals surface area contributed by atoms with Crippen molar-refractivity contribution in [3.63, 3.8) is 0 Å². The highest BCUT2D eigenvalue weighted by Crippen LogP contribution is 2.39. The first-order valence-corrected chi connectivity index (χ1v) is 8.47. The van der Waals surface area contributed by atoms with Crippen LogP contribution in [-0.4, -0.2) is 31.4 Å². The van der Waals surface area contributed by atoms with Gasteiger partial charge in [-0.3, -0.25) is 4.79 Å². The van der Waals surface area contributed by atoms with Crippen molar-refractivity contribution in [2.24, 2.45) is 5.10 Å². The predicted molar refractivity (Wildman–Crippen MR) is 95.4 cm³/mol. The van der Waals surface area contributed by atoms with E-state index >= 15 is 0 Å². The summed E-state index contributed by atoms with van der Waals surface area (Å²) in [6.45, 7) is 11.0. The second-order valence-corrected chi connectivity index (χ2v) is 5.14. The number of nitrogens with zero attached hydrogens (tertiary/aromatic N) is 1. The maximum absolute atomic E-state index is 12.4. The maximum Gasteiger partial charge on any atom is 0.271 e. The van der Waals surface area contributed by atoms with Gasteiger partial charge in [0.1, 0.15) is 0 Å². The summed E-state index contributed by atoms with van der Waals surface area (Å²) in [5, 5.41) is 4.10. The van der Waals surface area contributed by atoms with Gasteiger partial charge in [-0.25, -0.2) is 5.43 Å². The van der Waals surface area contributed by atoms with Gasteiger partial charge in [-0.05, 0) is 46.2 Å². The molecule has 0 aliphatic heterocycles. The molecule has 0 unspecified atom stereocenters. The number of rotatable bonds is 10. The van der Waals surface area contributed by atoms with Crippen molar-refractivity contribution in [3.8, 4) is 17.2 Å². The monoisotopic (exact) mass is 336 g/mol. The highest BCUT2D eigenvalue weighted by atomic mass is 16.5. The van der Waals surface area contributed by atoms with Crippen molar-refractivity contribution in [3.05, 3.63) is 17.7 Å². The van der Waals surface area contributed by atoms with Crippen LogP contribution in [0.4, 0.5) is 0 Å². The van der Waals surface area contributed by atoms with E-state index in [4.69, 9.17) is 14.2 Å². The van der Waals surface area contributed by atoms with Gasteiger partial charge in [-0.15, -0.1) is 0 Å². The molecule has 0 atom stereocenters. The Bertz CT molecular complexity index is 543. The average molecular weight is 336 g/mol. The minimum Gasteiger partial charge on any atom is -0.490 e. The first-order valence-electron chi connectivity index (χ1n) is 8.47. The van der Waals surface area contributed by atoms with E-state index in [-0.39, 0.29) is 5.91 Å². The molecule has 0 spiro atoms. The second kappa shape index (κ2) is 10.5. The topological polar surface area (TPSA) is 69.2 Å². The van der Waals surface area contributed by atoms with E-state index < -0.39 is 0 Å². The van der Waals surface area contributed by atoms with Crippen LogP contribution in [0.1, 0.15) is 57.8 Å². The van der Waals surface area contributed by atoms with Crippen LogP contribution in [-0.2, 0) is 0 Å². The van der Waals surface area contributed by atoms with Crippen molar-refractivity contribution >= 4 is 11.6 Å². The van der Waals surface area contributed by atoms with Crippen LogP contribution >= 0.6 is 0 Å². The van der Waals surface area contributed by atoms with Crippen LogP contribution in [0.5, 0.6) is 17.2 Å². The molecule has 0 aliphatic rings. The van der Waals surface area contributed by atoms with Crippen LogP contribution in [0, 0.1) is 0 Å². The van der Waals surface area contributed by atoms with Gasteiger partial charge in [-0.1, -0.05) is 13.3 Å². The van der Waals surface area contributed by atoms with Crippen LogP contribution < -0.4 is 19.6 Å². The summed E-state index contributed by atoms with van der Waals surface area (Å²) in [5.41, 5.74) is 3.87. The summed E-state index contributed by atoms with van der Waals surface area (Å²) in [6.07, 6.45) is 1.83. The number of hydrazone groups is 1. The number of hydrogen-bond acceptors (Lipinski definition) is 5. The molecule has 0 saturated heterocycles. The molecule has 6 heteroatoms. The van der Waals surface area contributed by atoms with E-state index in [2.05, 4.69) is 17.5 Å². The fourth-order valence-electron chi connectivity index (χ4n) is 2.15. The quantitative estimate of drug-likeness (QED) is 0.521. The molecule has 0 radical (unpaired) electrons. The molecule has 0 aromatic heterocycles. The van der Waals surface area contributed by atoms with Gasteiger partial charge in [-0.2, -0.15) is 5.10 Å². The summed E-state index contributed by atoms with van der Waals surface area (Å²) >= 11 is 0. The highest BCUT2D eigenvalue weighted by Gasteiger charge is 2.18. The molecule has 134 valence electrons. The molecule has 1 amide bonds. The second-order valence-electron chi connectivity index (χ2n) is 5.14. The number of carbonyl (C=O) groups is 1.